The molecule has 0 unspecified atom stereocenters. The maximum absolute atomic E-state index is 11.7. The number of carbonyl (C=O) groups excluding carboxylic acids is 1. The predicted molar refractivity (Wildman–Crippen MR) is 77.5 cm³/mol. The lowest BCUT2D eigenvalue weighted by molar-refractivity contribution is -0.384. The van der Waals surface area contributed by atoms with Crippen LogP contribution in [0, 0.1) is 10.1 Å². The van der Waals surface area contributed by atoms with Gasteiger partial charge in [0, 0.05) is 12.1 Å². The second-order valence-electron chi connectivity index (χ2n) is 4.21. The standard InChI is InChI=1S/C15H13NO6/c1-20-11-6-7-13(15(17)21-2)14(9-11)22-12-5-3-4-10(8-12)16(18)19/h3-9H,1-2H3. The maximum atomic E-state index is 11.7. The van der Waals surface area contributed by atoms with E-state index in [2.05, 4.69) is 4.74 Å². The number of non-ortho nitro benzene ring substituents is 1. The number of methoxy groups -OCH3 is 2. The zero-order chi connectivity index (χ0) is 16.1. The molecule has 0 spiro atoms. The molecule has 0 aliphatic heterocycles. The van der Waals surface area contributed by atoms with Crippen LogP contribution in [0.15, 0.2) is 42.5 Å². The lowest BCUT2D eigenvalue weighted by Crippen LogP contribution is -2.04. The molecule has 7 nitrogen and oxygen atoms in total. The van der Waals surface area contributed by atoms with Gasteiger partial charge in [-0.15, -0.1) is 0 Å². The van der Waals surface area contributed by atoms with Gasteiger partial charge >= 0.3 is 5.97 Å². The number of esters is 1. The average molecular weight is 303 g/mol. The molecule has 0 amide bonds. The first-order chi connectivity index (χ1) is 10.5. The molecule has 22 heavy (non-hydrogen) atoms. The van der Waals surface area contributed by atoms with Gasteiger partial charge in [-0.1, -0.05) is 6.07 Å². The van der Waals surface area contributed by atoms with E-state index in [9.17, 15) is 14.9 Å². The summed E-state index contributed by atoms with van der Waals surface area (Å²) in [7, 11) is 2.73. The monoisotopic (exact) mass is 303 g/mol. The van der Waals surface area contributed by atoms with E-state index >= 15 is 0 Å². The summed E-state index contributed by atoms with van der Waals surface area (Å²) >= 11 is 0. The van der Waals surface area contributed by atoms with Gasteiger partial charge in [0.2, 0.25) is 0 Å². The Labute approximate surface area is 126 Å². The SMILES string of the molecule is COC(=O)c1ccc(OC)cc1Oc1cccc([N+](=O)[O-])c1. The Hall–Kier alpha value is -3.09. The van der Waals surface area contributed by atoms with Crippen molar-refractivity contribution in [3.05, 3.63) is 58.1 Å². The van der Waals surface area contributed by atoms with Gasteiger partial charge in [-0.3, -0.25) is 10.1 Å². The van der Waals surface area contributed by atoms with Crippen molar-refractivity contribution >= 4 is 11.7 Å². The molecule has 0 aliphatic carbocycles. The summed E-state index contributed by atoms with van der Waals surface area (Å²) in [6.45, 7) is 0. The van der Waals surface area contributed by atoms with Crippen molar-refractivity contribution < 1.29 is 23.9 Å². The molecular formula is C15H13NO6. The molecule has 0 saturated carbocycles. The number of nitro benzene ring substituents is 1. The van der Waals surface area contributed by atoms with Gasteiger partial charge in [-0.05, 0) is 18.2 Å². The van der Waals surface area contributed by atoms with Crippen molar-refractivity contribution in [2.45, 2.75) is 0 Å². The highest BCUT2D eigenvalue weighted by Gasteiger charge is 2.16. The molecule has 0 fully saturated rings. The van der Waals surface area contributed by atoms with Gasteiger partial charge < -0.3 is 14.2 Å². The second kappa shape index (κ2) is 6.57. The number of ether oxygens (including phenoxy) is 3. The topological polar surface area (TPSA) is 87.9 Å². The molecule has 0 bridgehead atoms. The maximum Gasteiger partial charge on any atom is 0.341 e. The fraction of sp³-hybridized carbons (Fsp3) is 0.133. The lowest BCUT2D eigenvalue weighted by Gasteiger charge is -2.11. The van der Waals surface area contributed by atoms with E-state index in [0.717, 1.165) is 0 Å². The van der Waals surface area contributed by atoms with E-state index in [-0.39, 0.29) is 22.7 Å². The Kier molecular flexibility index (Phi) is 4.57. The minimum Gasteiger partial charge on any atom is -0.497 e. The molecule has 0 atom stereocenters. The number of hydrogen-bond acceptors (Lipinski definition) is 6. The molecule has 0 saturated heterocycles. The number of carbonyl (C=O) groups is 1. The zero-order valence-corrected chi connectivity index (χ0v) is 11.9. The van der Waals surface area contributed by atoms with Crippen LogP contribution >= 0.6 is 0 Å². The van der Waals surface area contributed by atoms with Crippen molar-refractivity contribution in [2.75, 3.05) is 14.2 Å². The van der Waals surface area contributed by atoms with Crippen LogP contribution in [0.1, 0.15) is 10.4 Å². The highest BCUT2D eigenvalue weighted by atomic mass is 16.6. The van der Waals surface area contributed by atoms with Crippen LogP contribution in [0.25, 0.3) is 0 Å². The minimum absolute atomic E-state index is 0.111. The van der Waals surface area contributed by atoms with Gasteiger partial charge in [0.05, 0.1) is 25.2 Å². The van der Waals surface area contributed by atoms with E-state index in [1.807, 2.05) is 0 Å². The lowest BCUT2D eigenvalue weighted by atomic mass is 10.2. The minimum atomic E-state index is -0.580. The van der Waals surface area contributed by atoms with Crippen LogP contribution in [0.2, 0.25) is 0 Å². The largest absolute Gasteiger partial charge is 0.497 e. The molecular weight excluding hydrogens is 290 g/mol. The normalized spacial score (nSPS) is 9.91. The number of rotatable bonds is 5. The summed E-state index contributed by atoms with van der Waals surface area (Å²) in [5.41, 5.74) is 0.0785. The van der Waals surface area contributed by atoms with Crippen LogP contribution in [-0.4, -0.2) is 25.1 Å². The van der Waals surface area contributed by atoms with Crippen LogP contribution < -0.4 is 9.47 Å². The fourth-order valence-corrected chi connectivity index (χ4v) is 1.78. The molecule has 2 aromatic carbocycles. The summed E-state index contributed by atoms with van der Waals surface area (Å²) in [4.78, 5) is 22.0. The number of hydrogen-bond donors (Lipinski definition) is 0. The van der Waals surface area contributed by atoms with E-state index in [1.54, 1.807) is 12.1 Å². The zero-order valence-electron chi connectivity index (χ0n) is 11.9. The first-order valence-corrected chi connectivity index (χ1v) is 6.24. The molecule has 0 aromatic heterocycles. The summed E-state index contributed by atoms with van der Waals surface area (Å²) in [6, 6.07) is 10.2. The van der Waals surface area contributed by atoms with Crippen LogP contribution in [-0.2, 0) is 4.74 Å². The van der Waals surface area contributed by atoms with E-state index < -0.39 is 10.9 Å². The molecule has 7 heteroatoms. The van der Waals surface area contributed by atoms with Crippen molar-refractivity contribution in [3.63, 3.8) is 0 Å². The van der Waals surface area contributed by atoms with Crippen LogP contribution in [0.5, 0.6) is 17.2 Å². The summed E-state index contributed by atoms with van der Waals surface area (Å²) in [6.07, 6.45) is 0. The fourth-order valence-electron chi connectivity index (χ4n) is 1.78. The van der Waals surface area contributed by atoms with Crippen LogP contribution in [0.4, 0.5) is 5.69 Å². The highest BCUT2D eigenvalue weighted by Crippen LogP contribution is 2.31. The highest BCUT2D eigenvalue weighted by molar-refractivity contribution is 5.92. The molecule has 2 rings (SSSR count). The van der Waals surface area contributed by atoms with Crippen molar-refractivity contribution in [1.29, 1.82) is 0 Å². The second-order valence-corrected chi connectivity index (χ2v) is 4.21. The van der Waals surface area contributed by atoms with Gasteiger partial charge in [0.15, 0.2) is 0 Å². The molecule has 0 aliphatic rings. The van der Waals surface area contributed by atoms with E-state index in [4.69, 9.17) is 9.47 Å². The van der Waals surface area contributed by atoms with Crippen LogP contribution in [0.3, 0.4) is 0 Å². The van der Waals surface area contributed by atoms with Gasteiger partial charge in [0.25, 0.3) is 5.69 Å². The third kappa shape index (κ3) is 3.32. The van der Waals surface area contributed by atoms with Crippen molar-refractivity contribution in [3.8, 4) is 17.2 Å². The number of nitrogens with zero attached hydrogens (tertiary/aromatic N) is 1. The Morgan fingerprint density at radius 2 is 1.86 bits per heavy atom. The molecule has 0 N–H and O–H groups in total. The first kappa shape index (κ1) is 15.3. The Bertz CT molecular complexity index is 713. The third-order valence-corrected chi connectivity index (χ3v) is 2.85. The third-order valence-electron chi connectivity index (χ3n) is 2.85. The molecule has 2 aromatic rings. The van der Waals surface area contributed by atoms with Gasteiger partial charge in [0.1, 0.15) is 22.8 Å². The quantitative estimate of drug-likeness (QED) is 0.479. The molecule has 0 radical (unpaired) electrons. The summed E-state index contributed by atoms with van der Waals surface area (Å²) < 4.78 is 15.3. The molecule has 114 valence electrons. The first-order valence-electron chi connectivity index (χ1n) is 6.24. The van der Waals surface area contributed by atoms with Crippen molar-refractivity contribution in [1.82, 2.24) is 0 Å². The Morgan fingerprint density at radius 1 is 1.09 bits per heavy atom. The summed E-state index contributed by atoms with van der Waals surface area (Å²) in [5.74, 6) is 0.315. The van der Waals surface area contributed by atoms with Gasteiger partial charge in [-0.2, -0.15) is 0 Å². The Balaban J connectivity index is 2.40. The number of nitro groups is 1. The average Bonchev–Trinajstić information content (AvgIpc) is 2.54. The predicted octanol–water partition coefficient (Wildman–Crippen LogP) is 3.18. The van der Waals surface area contributed by atoms with E-state index in [0.29, 0.717) is 5.75 Å². The van der Waals surface area contributed by atoms with E-state index in [1.165, 1.54) is 44.6 Å². The number of benzene rings is 2. The van der Waals surface area contributed by atoms with Crippen molar-refractivity contribution in [2.24, 2.45) is 0 Å². The Morgan fingerprint density at radius 3 is 2.50 bits per heavy atom. The van der Waals surface area contributed by atoms with Gasteiger partial charge in [-0.25, -0.2) is 4.79 Å². The smallest absolute Gasteiger partial charge is 0.341 e. The summed E-state index contributed by atoms with van der Waals surface area (Å²) in [5, 5.41) is 10.8. The molecule has 0 heterocycles.